The molecule has 0 N–H and O–H groups in total. The maximum atomic E-state index is 12.4. The largest absolute Gasteiger partial charge is 0.368 e. The highest BCUT2D eigenvalue weighted by Crippen LogP contribution is 2.30. The molecule has 0 unspecified atom stereocenters. The average molecular weight is 424 g/mol. The van der Waals surface area contributed by atoms with Gasteiger partial charge in [-0.25, -0.2) is 0 Å². The van der Waals surface area contributed by atoms with E-state index in [2.05, 4.69) is 34.9 Å². The van der Waals surface area contributed by atoms with Gasteiger partial charge in [0.15, 0.2) is 0 Å². The first-order chi connectivity index (χ1) is 14.6. The lowest BCUT2D eigenvalue weighted by Crippen LogP contribution is -2.46. The zero-order chi connectivity index (χ0) is 21.1. The summed E-state index contributed by atoms with van der Waals surface area (Å²) in [5, 5.41) is 0.870. The molecule has 0 spiro atoms. The Balaban J connectivity index is 1.27. The molecule has 0 aromatic heterocycles. The van der Waals surface area contributed by atoms with Crippen LogP contribution in [0.15, 0.2) is 54.6 Å². The van der Waals surface area contributed by atoms with E-state index in [0.717, 1.165) is 49.9 Å². The highest BCUT2D eigenvalue weighted by Gasteiger charge is 2.34. The van der Waals surface area contributed by atoms with Crippen molar-refractivity contribution in [1.82, 2.24) is 9.80 Å². The SMILES string of the molecule is CCc1cccc(N2CCN(CC=CCN3C(=O)c4ccccc4C3=O)CC2)c1Cl. The Kier molecular flexibility index (Phi) is 6.21. The second-order valence-corrected chi connectivity index (χ2v) is 8.01. The number of imide groups is 1. The van der Waals surface area contributed by atoms with Gasteiger partial charge in [-0.1, -0.05) is 54.9 Å². The van der Waals surface area contributed by atoms with Crippen molar-refractivity contribution >= 4 is 29.1 Å². The molecule has 2 aromatic carbocycles. The van der Waals surface area contributed by atoms with Crippen LogP contribution in [-0.4, -0.2) is 60.9 Å². The van der Waals surface area contributed by atoms with E-state index in [1.807, 2.05) is 12.2 Å². The number of nitrogens with zero attached hydrogens (tertiary/aromatic N) is 3. The number of anilines is 1. The minimum atomic E-state index is -0.208. The summed E-state index contributed by atoms with van der Waals surface area (Å²) in [6.45, 7) is 7.00. The van der Waals surface area contributed by atoms with Gasteiger partial charge in [0.1, 0.15) is 0 Å². The molecule has 0 saturated carbocycles. The molecule has 0 aliphatic carbocycles. The van der Waals surface area contributed by atoms with Gasteiger partial charge < -0.3 is 4.90 Å². The zero-order valence-corrected chi connectivity index (χ0v) is 17.9. The third-order valence-electron chi connectivity index (χ3n) is 5.85. The van der Waals surface area contributed by atoms with E-state index in [4.69, 9.17) is 11.6 Å². The summed E-state index contributed by atoms with van der Waals surface area (Å²) in [5.74, 6) is -0.417. The van der Waals surface area contributed by atoms with Crippen molar-refractivity contribution in [2.75, 3.05) is 44.2 Å². The Morgan fingerprint density at radius 3 is 2.13 bits per heavy atom. The number of benzene rings is 2. The van der Waals surface area contributed by atoms with Gasteiger partial charge in [-0.15, -0.1) is 0 Å². The smallest absolute Gasteiger partial charge is 0.261 e. The number of halogens is 1. The van der Waals surface area contributed by atoms with Crippen molar-refractivity contribution in [3.8, 4) is 0 Å². The van der Waals surface area contributed by atoms with Crippen LogP contribution in [-0.2, 0) is 6.42 Å². The summed E-state index contributed by atoms with van der Waals surface area (Å²) in [6, 6.07) is 13.3. The number of fused-ring (bicyclic) bond motifs is 1. The number of rotatable bonds is 6. The number of carbonyl (C=O) groups excluding carboxylic acids is 2. The Bertz CT molecular complexity index is 945. The van der Waals surface area contributed by atoms with Crippen LogP contribution in [0.2, 0.25) is 5.02 Å². The Labute approximate surface area is 182 Å². The molecular formula is C24H26ClN3O2. The van der Waals surface area contributed by atoms with Crippen LogP contribution < -0.4 is 4.90 Å². The first kappa shape index (κ1) is 20.6. The first-order valence-electron chi connectivity index (χ1n) is 10.4. The maximum absolute atomic E-state index is 12.4. The van der Waals surface area contributed by atoms with E-state index in [-0.39, 0.29) is 11.8 Å². The average Bonchev–Trinajstić information content (AvgIpc) is 3.02. The second kappa shape index (κ2) is 9.02. The summed E-state index contributed by atoms with van der Waals surface area (Å²) in [5.41, 5.74) is 3.31. The van der Waals surface area contributed by atoms with Crippen LogP contribution >= 0.6 is 11.6 Å². The van der Waals surface area contributed by atoms with Crippen molar-refractivity contribution in [2.24, 2.45) is 0 Å². The first-order valence-corrected chi connectivity index (χ1v) is 10.8. The molecule has 2 heterocycles. The molecule has 30 heavy (non-hydrogen) atoms. The molecule has 6 heteroatoms. The van der Waals surface area contributed by atoms with E-state index < -0.39 is 0 Å². The maximum Gasteiger partial charge on any atom is 0.261 e. The fourth-order valence-electron chi connectivity index (χ4n) is 4.06. The van der Waals surface area contributed by atoms with Crippen LogP contribution in [0.3, 0.4) is 0 Å². The lowest BCUT2D eigenvalue weighted by atomic mass is 10.1. The molecule has 5 nitrogen and oxygen atoms in total. The van der Waals surface area contributed by atoms with Crippen molar-refractivity contribution in [1.29, 1.82) is 0 Å². The van der Waals surface area contributed by atoms with Gasteiger partial charge in [0.2, 0.25) is 0 Å². The number of carbonyl (C=O) groups is 2. The molecular weight excluding hydrogens is 398 g/mol. The van der Waals surface area contributed by atoms with E-state index >= 15 is 0 Å². The molecule has 0 radical (unpaired) electrons. The second-order valence-electron chi connectivity index (χ2n) is 7.63. The molecule has 2 aromatic rings. The number of piperazine rings is 1. The standard InChI is InChI=1S/C24H26ClN3O2/c1-2-18-8-7-11-21(22(18)25)27-16-14-26(15-17-27)12-5-6-13-28-23(29)19-9-3-4-10-20(19)24(28)30/h3-11H,2,12-17H2,1H3. The van der Waals surface area contributed by atoms with Crippen molar-refractivity contribution in [3.05, 3.63) is 76.3 Å². The molecule has 0 bridgehead atoms. The summed E-state index contributed by atoms with van der Waals surface area (Å²) in [4.78, 5) is 30.8. The van der Waals surface area contributed by atoms with Crippen molar-refractivity contribution in [2.45, 2.75) is 13.3 Å². The van der Waals surface area contributed by atoms with Crippen LogP contribution in [0.25, 0.3) is 0 Å². The molecule has 1 saturated heterocycles. The van der Waals surface area contributed by atoms with Gasteiger partial charge in [-0.2, -0.15) is 0 Å². The van der Waals surface area contributed by atoms with Gasteiger partial charge in [0, 0.05) is 39.3 Å². The minimum Gasteiger partial charge on any atom is -0.368 e. The van der Waals surface area contributed by atoms with Crippen molar-refractivity contribution in [3.63, 3.8) is 0 Å². The Morgan fingerprint density at radius 2 is 1.50 bits per heavy atom. The number of hydrogen-bond donors (Lipinski definition) is 0. The van der Waals surface area contributed by atoms with Crippen LogP contribution in [0, 0.1) is 0 Å². The molecule has 0 atom stereocenters. The topological polar surface area (TPSA) is 43.9 Å². The fourth-order valence-corrected chi connectivity index (χ4v) is 4.44. The summed E-state index contributed by atoms with van der Waals surface area (Å²) >= 11 is 6.57. The van der Waals surface area contributed by atoms with Gasteiger partial charge in [0.05, 0.1) is 21.8 Å². The van der Waals surface area contributed by atoms with Gasteiger partial charge in [-0.05, 0) is 30.2 Å². The highest BCUT2D eigenvalue weighted by atomic mass is 35.5. The molecule has 2 aliphatic rings. The van der Waals surface area contributed by atoms with Crippen molar-refractivity contribution < 1.29 is 9.59 Å². The minimum absolute atomic E-state index is 0.208. The van der Waals surface area contributed by atoms with E-state index in [9.17, 15) is 9.59 Å². The van der Waals surface area contributed by atoms with E-state index in [1.165, 1.54) is 10.5 Å². The Hall–Kier alpha value is -2.63. The lowest BCUT2D eigenvalue weighted by molar-refractivity contribution is 0.0672. The third-order valence-corrected chi connectivity index (χ3v) is 6.28. The third kappa shape index (κ3) is 4.00. The predicted molar refractivity (Wildman–Crippen MR) is 120 cm³/mol. The van der Waals surface area contributed by atoms with E-state index in [0.29, 0.717) is 17.7 Å². The lowest BCUT2D eigenvalue weighted by Gasteiger charge is -2.36. The van der Waals surface area contributed by atoms with Gasteiger partial charge in [-0.3, -0.25) is 19.4 Å². The normalized spacial score (nSPS) is 17.3. The van der Waals surface area contributed by atoms with Gasteiger partial charge >= 0.3 is 0 Å². The molecule has 4 rings (SSSR count). The van der Waals surface area contributed by atoms with Gasteiger partial charge in [0.25, 0.3) is 11.8 Å². The monoisotopic (exact) mass is 423 g/mol. The van der Waals surface area contributed by atoms with Crippen LogP contribution in [0.1, 0.15) is 33.2 Å². The summed E-state index contributed by atoms with van der Waals surface area (Å²) in [6.07, 6.45) is 4.89. The Morgan fingerprint density at radius 1 is 0.867 bits per heavy atom. The van der Waals surface area contributed by atoms with E-state index in [1.54, 1.807) is 24.3 Å². The number of hydrogen-bond acceptors (Lipinski definition) is 4. The molecule has 2 aliphatic heterocycles. The molecule has 2 amide bonds. The zero-order valence-electron chi connectivity index (χ0n) is 17.2. The quantitative estimate of drug-likeness (QED) is 0.522. The highest BCUT2D eigenvalue weighted by molar-refractivity contribution is 6.34. The summed E-state index contributed by atoms with van der Waals surface area (Å²) in [7, 11) is 0. The molecule has 156 valence electrons. The predicted octanol–water partition coefficient (Wildman–Crippen LogP) is 3.88. The molecule has 1 fully saturated rings. The number of aryl methyl sites for hydroxylation is 1. The number of amides is 2. The fraction of sp³-hybridized carbons (Fsp3) is 0.333. The summed E-state index contributed by atoms with van der Waals surface area (Å²) < 4.78 is 0. The van der Waals surface area contributed by atoms with Crippen LogP contribution in [0.5, 0.6) is 0 Å². The van der Waals surface area contributed by atoms with Crippen LogP contribution in [0.4, 0.5) is 5.69 Å².